The minimum absolute atomic E-state index is 0.0711. The lowest BCUT2D eigenvalue weighted by atomic mass is 9.93. The maximum atomic E-state index is 12.5. The predicted octanol–water partition coefficient (Wildman–Crippen LogP) is 2.99. The van der Waals surface area contributed by atoms with E-state index in [1.165, 1.54) is 0 Å². The van der Waals surface area contributed by atoms with Crippen molar-refractivity contribution in [1.29, 1.82) is 0 Å². The van der Waals surface area contributed by atoms with Gasteiger partial charge in [-0.15, -0.1) is 0 Å². The van der Waals surface area contributed by atoms with Crippen molar-refractivity contribution < 1.29 is 14.3 Å². The maximum Gasteiger partial charge on any atom is 0.318 e. The molecule has 1 heterocycles. The molecule has 4 heteroatoms. The number of hydrogen-bond donors (Lipinski definition) is 0. The first-order chi connectivity index (χ1) is 11.7. The molecule has 24 heavy (non-hydrogen) atoms. The number of nitrogens with zero attached hydrogens (tertiary/aromatic N) is 1. The molecule has 0 N–H and O–H groups in total. The fourth-order valence-corrected chi connectivity index (χ4v) is 3.30. The lowest BCUT2D eigenvalue weighted by Gasteiger charge is -2.26. The molecule has 3 rings (SSSR count). The summed E-state index contributed by atoms with van der Waals surface area (Å²) < 4.78 is 5.16. The van der Waals surface area contributed by atoms with Crippen molar-refractivity contribution in [2.75, 3.05) is 13.2 Å². The molecule has 0 aromatic heterocycles. The molecule has 0 amide bonds. The van der Waals surface area contributed by atoms with E-state index in [-0.39, 0.29) is 25.0 Å². The summed E-state index contributed by atoms with van der Waals surface area (Å²) in [6.07, 6.45) is 0. The third-order valence-corrected chi connectivity index (χ3v) is 4.33. The Morgan fingerprint density at radius 1 is 1.08 bits per heavy atom. The minimum atomic E-state index is -0.754. The number of hydrogen-bond acceptors (Lipinski definition) is 4. The second-order valence-corrected chi connectivity index (χ2v) is 5.94. The number of likely N-dealkylation sites (tertiary alicyclic amines) is 1. The van der Waals surface area contributed by atoms with Gasteiger partial charge in [0.05, 0.1) is 19.2 Å². The number of Topliss-reactive ketones (excluding diaryl/α,β-unsaturated/α-hetero) is 1. The summed E-state index contributed by atoms with van der Waals surface area (Å²) in [5, 5.41) is 0. The van der Waals surface area contributed by atoms with Crippen LogP contribution in [0.25, 0.3) is 0 Å². The van der Waals surface area contributed by atoms with E-state index in [2.05, 4.69) is 4.90 Å². The highest BCUT2D eigenvalue weighted by molar-refractivity contribution is 6.02. The number of benzene rings is 2. The van der Waals surface area contributed by atoms with Crippen molar-refractivity contribution in [3.63, 3.8) is 0 Å². The summed E-state index contributed by atoms with van der Waals surface area (Å²) in [6.45, 7) is 2.93. The first kappa shape index (κ1) is 16.4. The predicted molar refractivity (Wildman–Crippen MR) is 91.2 cm³/mol. The lowest BCUT2D eigenvalue weighted by molar-refractivity contribution is -0.151. The quantitative estimate of drug-likeness (QED) is 0.627. The van der Waals surface area contributed by atoms with Gasteiger partial charge in [0.15, 0.2) is 5.78 Å². The van der Waals surface area contributed by atoms with E-state index in [4.69, 9.17) is 4.74 Å². The molecular weight excluding hydrogens is 302 g/mol. The van der Waals surface area contributed by atoms with Gasteiger partial charge in [-0.2, -0.15) is 0 Å². The van der Waals surface area contributed by atoms with E-state index < -0.39 is 11.9 Å². The van der Waals surface area contributed by atoms with Gasteiger partial charge in [0.25, 0.3) is 0 Å². The van der Waals surface area contributed by atoms with Crippen LogP contribution in [-0.2, 0) is 20.9 Å². The maximum absolute atomic E-state index is 12.5. The smallest absolute Gasteiger partial charge is 0.318 e. The molecule has 2 aromatic rings. The summed E-state index contributed by atoms with van der Waals surface area (Å²) >= 11 is 0. The number of rotatable bonds is 5. The molecule has 0 bridgehead atoms. The fourth-order valence-electron chi connectivity index (χ4n) is 3.30. The zero-order valence-corrected chi connectivity index (χ0v) is 13.7. The van der Waals surface area contributed by atoms with Gasteiger partial charge in [0.1, 0.15) is 5.92 Å². The van der Waals surface area contributed by atoms with Crippen molar-refractivity contribution in [3.05, 3.63) is 71.8 Å². The molecule has 1 aliphatic rings. The Labute approximate surface area is 142 Å². The van der Waals surface area contributed by atoms with Crippen molar-refractivity contribution in [2.24, 2.45) is 5.92 Å². The number of carbonyl (C=O) groups excluding carboxylic acids is 2. The third-order valence-electron chi connectivity index (χ3n) is 4.33. The van der Waals surface area contributed by atoms with Crippen molar-refractivity contribution >= 4 is 11.8 Å². The van der Waals surface area contributed by atoms with Crippen LogP contribution < -0.4 is 0 Å². The Kier molecular flexibility index (Phi) is 5.06. The first-order valence-electron chi connectivity index (χ1n) is 8.23. The number of ether oxygens (including phenoxy) is 1. The van der Waals surface area contributed by atoms with Crippen LogP contribution in [0.3, 0.4) is 0 Å². The molecule has 4 nitrogen and oxygen atoms in total. The molecule has 0 spiro atoms. The largest absolute Gasteiger partial charge is 0.465 e. The average molecular weight is 323 g/mol. The summed E-state index contributed by atoms with van der Waals surface area (Å²) in [5.74, 6) is -1.25. The van der Waals surface area contributed by atoms with Gasteiger partial charge >= 0.3 is 5.97 Å². The number of carbonyl (C=O) groups is 2. The van der Waals surface area contributed by atoms with E-state index >= 15 is 0 Å². The molecule has 0 radical (unpaired) electrons. The van der Waals surface area contributed by atoms with Crippen molar-refractivity contribution in [1.82, 2.24) is 4.90 Å². The first-order valence-corrected chi connectivity index (χ1v) is 8.23. The summed E-state index contributed by atoms with van der Waals surface area (Å²) in [7, 11) is 0. The summed E-state index contributed by atoms with van der Waals surface area (Å²) in [4.78, 5) is 27.0. The zero-order valence-electron chi connectivity index (χ0n) is 13.7. The molecule has 0 aliphatic carbocycles. The van der Waals surface area contributed by atoms with Gasteiger partial charge in [0, 0.05) is 6.54 Å². The van der Waals surface area contributed by atoms with Crippen LogP contribution in [0, 0.1) is 5.92 Å². The standard InChI is InChI=1S/C20H21NO3/c1-2-24-20(23)18-17(22)14-21(13-15-9-5-3-6-10-15)19(18)16-11-7-4-8-12-16/h3-12,18-19H,2,13-14H2,1H3/t18-,19-/m1/s1. The molecular formula is C20H21NO3. The highest BCUT2D eigenvalue weighted by Gasteiger charge is 2.46. The number of ketones is 1. The van der Waals surface area contributed by atoms with E-state index in [1.807, 2.05) is 60.7 Å². The van der Waals surface area contributed by atoms with Gasteiger partial charge in [-0.25, -0.2) is 0 Å². The topological polar surface area (TPSA) is 46.6 Å². The lowest BCUT2D eigenvalue weighted by Crippen LogP contribution is -2.30. The van der Waals surface area contributed by atoms with E-state index in [0.29, 0.717) is 6.54 Å². The summed E-state index contributed by atoms with van der Waals surface area (Å²) in [6, 6.07) is 19.4. The zero-order chi connectivity index (χ0) is 16.9. The molecule has 1 fully saturated rings. The van der Waals surface area contributed by atoms with Crippen LogP contribution in [-0.4, -0.2) is 29.8 Å². The Morgan fingerprint density at radius 2 is 1.71 bits per heavy atom. The van der Waals surface area contributed by atoms with E-state index in [1.54, 1.807) is 6.92 Å². The highest BCUT2D eigenvalue weighted by atomic mass is 16.5. The molecule has 1 aliphatic heterocycles. The molecule has 2 aromatic carbocycles. The molecule has 0 unspecified atom stereocenters. The van der Waals surface area contributed by atoms with E-state index in [9.17, 15) is 9.59 Å². The average Bonchev–Trinajstić information content (AvgIpc) is 2.93. The molecule has 124 valence electrons. The minimum Gasteiger partial charge on any atom is -0.465 e. The Morgan fingerprint density at radius 3 is 2.33 bits per heavy atom. The van der Waals surface area contributed by atoms with Crippen LogP contribution in [0.4, 0.5) is 0 Å². The van der Waals surface area contributed by atoms with Gasteiger partial charge < -0.3 is 4.74 Å². The van der Waals surface area contributed by atoms with Gasteiger partial charge in [-0.3, -0.25) is 14.5 Å². The third kappa shape index (κ3) is 3.39. The van der Waals surface area contributed by atoms with Crippen molar-refractivity contribution in [2.45, 2.75) is 19.5 Å². The second kappa shape index (κ2) is 7.41. The monoisotopic (exact) mass is 323 g/mol. The SMILES string of the molecule is CCOC(=O)[C@@H]1C(=O)CN(Cc2ccccc2)[C@@H]1c1ccccc1. The highest BCUT2D eigenvalue weighted by Crippen LogP contribution is 2.37. The Hall–Kier alpha value is -2.46. The number of esters is 1. The van der Waals surface area contributed by atoms with Crippen LogP contribution in [0.5, 0.6) is 0 Å². The van der Waals surface area contributed by atoms with Crippen LogP contribution in [0.2, 0.25) is 0 Å². The molecule has 2 atom stereocenters. The second-order valence-electron chi connectivity index (χ2n) is 5.94. The van der Waals surface area contributed by atoms with Crippen LogP contribution >= 0.6 is 0 Å². The fraction of sp³-hybridized carbons (Fsp3) is 0.300. The van der Waals surface area contributed by atoms with Gasteiger partial charge in [-0.05, 0) is 18.1 Å². The molecule has 0 saturated carbocycles. The normalized spacial score (nSPS) is 21.0. The van der Waals surface area contributed by atoms with Crippen molar-refractivity contribution in [3.8, 4) is 0 Å². The van der Waals surface area contributed by atoms with Gasteiger partial charge in [-0.1, -0.05) is 60.7 Å². The van der Waals surface area contributed by atoms with Gasteiger partial charge in [0.2, 0.25) is 0 Å². The van der Waals surface area contributed by atoms with Crippen LogP contribution in [0.15, 0.2) is 60.7 Å². The Balaban J connectivity index is 1.92. The van der Waals surface area contributed by atoms with E-state index in [0.717, 1.165) is 11.1 Å². The van der Waals surface area contributed by atoms with Crippen LogP contribution in [0.1, 0.15) is 24.1 Å². The molecule has 1 saturated heterocycles. The summed E-state index contributed by atoms with van der Waals surface area (Å²) in [5.41, 5.74) is 2.09. The Bertz CT molecular complexity index is 699.